The summed E-state index contributed by atoms with van der Waals surface area (Å²) < 4.78 is 12.1. The molecule has 1 aromatic heterocycles. The maximum Gasteiger partial charge on any atom is 0.185 e. The van der Waals surface area contributed by atoms with Crippen LogP contribution in [0.4, 0.5) is 0 Å². The lowest BCUT2D eigenvalue weighted by Gasteiger charge is -2.07. The van der Waals surface area contributed by atoms with Gasteiger partial charge in [-0.1, -0.05) is 0 Å². The standard InChI is InChI=1S/C19H17N3O3/c1-24-17-9-5-15(19(11-17)25-2)6-10-18(23)14-3-7-16(8-4-14)22-13-20-12-21-22/h3-13H,1-2H3/b10-6+. The fraction of sp³-hybridized carbons (Fsp3) is 0.105. The van der Waals surface area contributed by atoms with Gasteiger partial charge < -0.3 is 9.47 Å². The zero-order chi connectivity index (χ0) is 17.6. The van der Waals surface area contributed by atoms with Gasteiger partial charge in [0.25, 0.3) is 0 Å². The van der Waals surface area contributed by atoms with Crippen molar-refractivity contribution >= 4 is 11.9 Å². The Hall–Kier alpha value is -3.41. The van der Waals surface area contributed by atoms with Gasteiger partial charge in [0.05, 0.1) is 19.9 Å². The Kier molecular flexibility index (Phi) is 4.89. The number of nitrogens with zero attached hydrogens (tertiary/aromatic N) is 3. The van der Waals surface area contributed by atoms with Crippen LogP contribution in [0.5, 0.6) is 11.5 Å². The first-order valence-corrected chi connectivity index (χ1v) is 7.61. The molecule has 0 aliphatic carbocycles. The fourth-order valence-corrected chi connectivity index (χ4v) is 2.34. The summed E-state index contributed by atoms with van der Waals surface area (Å²) in [5, 5.41) is 4.05. The molecule has 0 radical (unpaired) electrons. The zero-order valence-electron chi connectivity index (χ0n) is 13.9. The van der Waals surface area contributed by atoms with Gasteiger partial charge in [-0.15, -0.1) is 0 Å². The molecule has 126 valence electrons. The van der Waals surface area contributed by atoms with E-state index >= 15 is 0 Å². The van der Waals surface area contributed by atoms with E-state index in [2.05, 4.69) is 10.1 Å². The second-order valence-electron chi connectivity index (χ2n) is 5.19. The van der Waals surface area contributed by atoms with E-state index in [-0.39, 0.29) is 5.78 Å². The maximum atomic E-state index is 12.4. The fourth-order valence-electron chi connectivity index (χ4n) is 2.34. The average molecular weight is 335 g/mol. The molecule has 0 saturated carbocycles. The summed E-state index contributed by atoms with van der Waals surface area (Å²) in [6.45, 7) is 0. The van der Waals surface area contributed by atoms with Crippen molar-refractivity contribution in [3.05, 3.63) is 72.3 Å². The highest BCUT2D eigenvalue weighted by Gasteiger charge is 2.05. The molecule has 3 rings (SSSR count). The smallest absolute Gasteiger partial charge is 0.185 e. The van der Waals surface area contributed by atoms with Crippen LogP contribution in [0.25, 0.3) is 11.8 Å². The third-order valence-corrected chi connectivity index (χ3v) is 3.69. The maximum absolute atomic E-state index is 12.4. The predicted octanol–water partition coefficient (Wildman–Crippen LogP) is 3.18. The number of ketones is 1. The van der Waals surface area contributed by atoms with Crippen LogP contribution in [0.15, 0.2) is 61.2 Å². The number of carbonyl (C=O) groups is 1. The Bertz CT molecular complexity index is 885. The van der Waals surface area contributed by atoms with E-state index in [1.165, 1.54) is 12.4 Å². The van der Waals surface area contributed by atoms with Crippen molar-refractivity contribution in [2.24, 2.45) is 0 Å². The van der Waals surface area contributed by atoms with Crippen molar-refractivity contribution in [1.82, 2.24) is 14.8 Å². The number of hydrogen-bond acceptors (Lipinski definition) is 5. The second-order valence-corrected chi connectivity index (χ2v) is 5.19. The SMILES string of the molecule is COc1ccc(/C=C/C(=O)c2ccc(-n3cncn3)cc2)c(OC)c1. The first-order chi connectivity index (χ1) is 12.2. The van der Waals surface area contributed by atoms with Crippen LogP contribution in [0.3, 0.4) is 0 Å². The summed E-state index contributed by atoms with van der Waals surface area (Å²) in [6.07, 6.45) is 6.32. The first kappa shape index (κ1) is 16.4. The van der Waals surface area contributed by atoms with Crippen LogP contribution >= 0.6 is 0 Å². The molecule has 25 heavy (non-hydrogen) atoms. The van der Waals surface area contributed by atoms with Crippen molar-refractivity contribution in [2.45, 2.75) is 0 Å². The van der Waals surface area contributed by atoms with Gasteiger partial charge in [0, 0.05) is 17.2 Å². The lowest BCUT2D eigenvalue weighted by molar-refractivity contribution is 0.104. The van der Waals surface area contributed by atoms with Crippen LogP contribution < -0.4 is 9.47 Å². The number of ether oxygens (including phenoxy) is 2. The molecule has 6 nitrogen and oxygen atoms in total. The Morgan fingerprint density at radius 1 is 1.08 bits per heavy atom. The van der Waals surface area contributed by atoms with Crippen molar-refractivity contribution in [3.63, 3.8) is 0 Å². The summed E-state index contributed by atoms with van der Waals surface area (Å²) in [4.78, 5) is 16.3. The largest absolute Gasteiger partial charge is 0.497 e. The van der Waals surface area contributed by atoms with Crippen LogP contribution in [0.2, 0.25) is 0 Å². The van der Waals surface area contributed by atoms with Crippen molar-refractivity contribution in [1.29, 1.82) is 0 Å². The number of allylic oxidation sites excluding steroid dienone is 1. The molecule has 0 bridgehead atoms. The molecule has 0 N–H and O–H groups in total. The molecule has 0 amide bonds. The number of carbonyl (C=O) groups excluding carboxylic acids is 1. The van der Waals surface area contributed by atoms with E-state index in [1.807, 2.05) is 24.3 Å². The molecule has 6 heteroatoms. The number of aromatic nitrogens is 3. The van der Waals surface area contributed by atoms with Crippen LogP contribution in [-0.4, -0.2) is 34.8 Å². The number of hydrogen-bond donors (Lipinski definition) is 0. The van der Waals surface area contributed by atoms with Gasteiger partial charge in [0.15, 0.2) is 5.78 Å². The second kappa shape index (κ2) is 7.44. The summed E-state index contributed by atoms with van der Waals surface area (Å²) in [7, 11) is 3.17. The van der Waals surface area contributed by atoms with Gasteiger partial charge in [0.1, 0.15) is 24.2 Å². The van der Waals surface area contributed by atoms with Gasteiger partial charge in [-0.25, -0.2) is 9.67 Å². The monoisotopic (exact) mass is 335 g/mol. The number of rotatable bonds is 6. The Morgan fingerprint density at radius 2 is 1.88 bits per heavy atom. The summed E-state index contributed by atoms with van der Waals surface area (Å²) >= 11 is 0. The lowest BCUT2D eigenvalue weighted by atomic mass is 10.1. The minimum absolute atomic E-state index is 0.0944. The Balaban J connectivity index is 1.77. The summed E-state index contributed by atoms with van der Waals surface area (Å²) in [5.41, 5.74) is 2.23. The van der Waals surface area contributed by atoms with E-state index in [0.29, 0.717) is 17.1 Å². The van der Waals surface area contributed by atoms with E-state index in [4.69, 9.17) is 9.47 Å². The minimum atomic E-state index is -0.0944. The minimum Gasteiger partial charge on any atom is -0.497 e. The summed E-state index contributed by atoms with van der Waals surface area (Å²) in [6, 6.07) is 12.6. The van der Waals surface area contributed by atoms with Crippen LogP contribution in [0, 0.1) is 0 Å². The quantitative estimate of drug-likeness (QED) is 0.511. The third-order valence-electron chi connectivity index (χ3n) is 3.69. The first-order valence-electron chi connectivity index (χ1n) is 7.61. The van der Waals surface area contributed by atoms with Crippen LogP contribution in [0.1, 0.15) is 15.9 Å². The molecule has 0 saturated heterocycles. The highest BCUT2D eigenvalue weighted by molar-refractivity contribution is 6.07. The van der Waals surface area contributed by atoms with E-state index in [1.54, 1.807) is 49.5 Å². The molecule has 2 aromatic carbocycles. The van der Waals surface area contributed by atoms with Gasteiger partial charge >= 0.3 is 0 Å². The zero-order valence-corrected chi connectivity index (χ0v) is 13.9. The van der Waals surface area contributed by atoms with E-state index < -0.39 is 0 Å². The van der Waals surface area contributed by atoms with Gasteiger partial charge in [0.2, 0.25) is 0 Å². The Morgan fingerprint density at radius 3 is 2.52 bits per heavy atom. The molecule has 0 fully saturated rings. The molecular formula is C19H17N3O3. The van der Waals surface area contributed by atoms with E-state index in [9.17, 15) is 4.79 Å². The predicted molar refractivity (Wildman–Crippen MR) is 94.3 cm³/mol. The molecule has 3 aromatic rings. The van der Waals surface area contributed by atoms with Crippen LogP contribution in [-0.2, 0) is 0 Å². The number of methoxy groups -OCH3 is 2. The molecular weight excluding hydrogens is 318 g/mol. The molecule has 1 heterocycles. The highest BCUT2D eigenvalue weighted by atomic mass is 16.5. The van der Waals surface area contributed by atoms with Gasteiger partial charge in [-0.2, -0.15) is 5.10 Å². The van der Waals surface area contributed by atoms with E-state index in [0.717, 1.165) is 11.3 Å². The highest BCUT2D eigenvalue weighted by Crippen LogP contribution is 2.25. The van der Waals surface area contributed by atoms with Crippen molar-refractivity contribution in [3.8, 4) is 17.2 Å². The third kappa shape index (κ3) is 3.74. The Labute approximate surface area is 145 Å². The molecule has 0 aliphatic heterocycles. The topological polar surface area (TPSA) is 66.2 Å². The molecule has 0 unspecified atom stereocenters. The van der Waals surface area contributed by atoms with Gasteiger partial charge in [-0.3, -0.25) is 4.79 Å². The average Bonchev–Trinajstić information content (AvgIpc) is 3.20. The molecule has 0 aliphatic rings. The van der Waals surface area contributed by atoms with Crippen molar-refractivity contribution in [2.75, 3.05) is 14.2 Å². The summed E-state index contributed by atoms with van der Waals surface area (Å²) in [5.74, 6) is 1.25. The van der Waals surface area contributed by atoms with Crippen molar-refractivity contribution < 1.29 is 14.3 Å². The number of benzene rings is 2. The molecule has 0 spiro atoms. The molecule has 0 atom stereocenters. The lowest BCUT2D eigenvalue weighted by Crippen LogP contribution is -1.98. The van der Waals surface area contributed by atoms with Gasteiger partial charge in [-0.05, 0) is 48.6 Å². The normalized spacial score (nSPS) is 10.8.